The normalized spacial score (nSPS) is 23.0. The Labute approximate surface area is 115 Å². The molecule has 19 heavy (non-hydrogen) atoms. The first-order valence-corrected chi connectivity index (χ1v) is 7.25. The lowest BCUT2D eigenvalue weighted by molar-refractivity contribution is -0.109. The summed E-state index contributed by atoms with van der Waals surface area (Å²) >= 11 is 0. The van der Waals surface area contributed by atoms with E-state index in [2.05, 4.69) is 0 Å². The molecule has 1 spiro atoms. The lowest BCUT2D eigenvalue weighted by atomic mass is 9.65. The first kappa shape index (κ1) is 14.4. The molecule has 0 aromatic heterocycles. The number of hydrogen-bond acceptors (Lipinski definition) is 3. The molecule has 2 fully saturated rings. The topological polar surface area (TPSA) is 46.6 Å². The molecule has 1 saturated carbocycles. The highest BCUT2D eigenvalue weighted by molar-refractivity contribution is 5.69. The van der Waals surface area contributed by atoms with Crippen LogP contribution >= 0.6 is 0 Å². The predicted octanol–water partition coefficient (Wildman–Crippen LogP) is 3.00. The maximum Gasteiger partial charge on any atom is 0.410 e. The van der Waals surface area contributed by atoms with Crippen molar-refractivity contribution in [1.82, 2.24) is 4.90 Å². The minimum atomic E-state index is -0.415. The summed E-state index contributed by atoms with van der Waals surface area (Å²) in [5.74, 6) is 0.568. The summed E-state index contributed by atoms with van der Waals surface area (Å²) in [5.41, 5.74) is -0.0995. The molecule has 0 bridgehead atoms. The molecule has 1 heterocycles. The van der Waals surface area contributed by atoms with Crippen LogP contribution in [0.1, 0.15) is 52.9 Å². The number of hydrogen-bond donors (Lipinski definition) is 0. The average molecular weight is 267 g/mol. The fourth-order valence-electron chi connectivity index (χ4n) is 3.20. The molecule has 4 nitrogen and oxygen atoms in total. The van der Waals surface area contributed by atoms with Gasteiger partial charge in [0.05, 0.1) is 0 Å². The molecule has 0 radical (unpaired) electrons. The Hall–Kier alpha value is -1.06. The molecule has 0 atom stereocenters. The number of likely N-dealkylation sites (tertiary alicyclic amines) is 1. The molecule has 0 unspecified atom stereocenters. The van der Waals surface area contributed by atoms with Crippen LogP contribution in [-0.4, -0.2) is 36.0 Å². The summed E-state index contributed by atoms with van der Waals surface area (Å²) in [6, 6.07) is 0. The summed E-state index contributed by atoms with van der Waals surface area (Å²) < 4.78 is 5.38. The lowest BCUT2D eigenvalue weighted by Gasteiger charge is -2.53. The van der Waals surface area contributed by atoms with Crippen molar-refractivity contribution >= 4 is 12.4 Å². The second kappa shape index (κ2) is 5.14. The fraction of sp³-hybridized carbons (Fsp3) is 0.867. The molecule has 0 aromatic rings. The first-order chi connectivity index (χ1) is 8.84. The SMILES string of the molecule is CC(C)(C)OC(=O)N1CC2(CCC(CC=O)CC2)C1. The van der Waals surface area contributed by atoms with E-state index >= 15 is 0 Å². The number of aldehydes is 1. The molecule has 1 aliphatic carbocycles. The Kier molecular flexibility index (Phi) is 3.88. The van der Waals surface area contributed by atoms with E-state index in [9.17, 15) is 9.59 Å². The average Bonchev–Trinajstić information content (AvgIpc) is 2.25. The van der Waals surface area contributed by atoms with Gasteiger partial charge in [-0.2, -0.15) is 0 Å². The van der Waals surface area contributed by atoms with Crippen molar-refractivity contribution in [2.24, 2.45) is 11.3 Å². The highest BCUT2D eigenvalue weighted by Gasteiger charge is 2.47. The van der Waals surface area contributed by atoms with Gasteiger partial charge in [0.1, 0.15) is 11.9 Å². The van der Waals surface area contributed by atoms with E-state index in [0.29, 0.717) is 17.8 Å². The second-order valence-electron chi connectivity index (χ2n) is 7.18. The summed E-state index contributed by atoms with van der Waals surface area (Å²) in [4.78, 5) is 24.2. The van der Waals surface area contributed by atoms with Crippen molar-refractivity contribution in [2.75, 3.05) is 13.1 Å². The van der Waals surface area contributed by atoms with Crippen molar-refractivity contribution in [2.45, 2.75) is 58.5 Å². The standard InChI is InChI=1S/C15H25NO3/c1-14(2,3)19-13(18)16-10-15(11-16)7-4-12(5-8-15)6-9-17/h9,12H,4-8,10-11H2,1-3H3. The van der Waals surface area contributed by atoms with Gasteiger partial charge in [0.15, 0.2) is 0 Å². The van der Waals surface area contributed by atoms with Crippen molar-refractivity contribution in [3.05, 3.63) is 0 Å². The highest BCUT2D eigenvalue weighted by atomic mass is 16.6. The Bertz CT molecular complexity index is 343. The highest BCUT2D eigenvalue weighted by Crippen LogP contribution is 2.46. The summed E-state index contributed by atoms with van der Waals surface area (Å²) in [7, 11) is 0. The zero-order valence-electron chi connectivity index (χ0n) is 12.3. The van der Waals surface area contributed by atoms with E-state index in [4.69, 9.17) is 4.74 Å². The van der Waals surface area contributed by atoms with Crippen LogP contribution in [0.25, 0.3) is 0 Å². The van der Waals surface area contributed by atoms with Crippen molar-refractivity contribution in [3.63, 3.8) is 0 Å². The van der Waals surface area contributed by atoms with Crippen LogP contribution in [0.5, 0.6) is 0 Å². The second-order valence-corrected chi connectivity index (χ2v) is 7.18. The van der Waals surface area contributed by atoms with Gasteiger partial charge in [-0.3, -0.25) is 0 Å². The Morgan fingerprint density at radius 3 is 2.37 bits per heavy atom. The van der Waals surface area contributed by atoms with E-state index in [1.54, 1.807) is 0 Å². The van der Waals surface area contributed by atoms with Gasteiger partial charge in [-0.05, 0) is 52.4 Å². The van der Waals surface area contributed by atoms with Crippen LogP contribution < -0.4 is 0 Å². The molecule has 1 saturated heterocycles. The molecule has 1 amide bonds. The zero-order valence-corrected chi connectivity index (χ0v) is 12.3. The number of amides is 1. The molecular weight excluding hydrogens is 242 g/mol. The maximum absolute atomic E-state index is 11.9. The van der Waals surface area contributed by atoms with Gasteiger partial charge < -0.3 is 14.4 Å². The van der Waals surface area contributed by atoms with Crippen molar-refractivity contribution in [3.8, 4) is 0 Å². The number of carbonyl (C=O) groups excluding carboxylic acids is 2. The van der Waals surface area contributed by atoms with Gasteiger partial charge in [-0.25, -0.2) is 4.79 Å². The molecular formula is C15H25NO3. The minimum absolute atomic E-state index is 0.187. The molecule has 1 aliphatic heterocycles. The molecule has 2 rings (SSSR count). The Morgan fingerprint density at radius 2 is 1.89 bits per heavy atom. The van der Waals surface area contributed by atoms with Gasteiger partial charge >= 0.3 is 6.09 Å². The van der Waals surface area contributed by atoms with E-state index in [-0.39, 0.29) is 6.09 Å². The summed E-state index contributed by atoms with van der Waals surface area (Å²) in [6.45, 7) is 7.34. The van der Waals surface area contributed by atoms with Crippen LogP contribution in [-0.2, 0) is 9.53 Å². The summed E-state index contributed by atoms with van der Waals surface area (Å²) in [6.07, 6.45) is 6.09. The van der Waals surface area contributed by atoms with E-state index in [1.165, 1.54) is 0 Å². The monoisotopic (exact) mass is 267 g/mol. The fourth-order valence-corrected chi connectivity index (χ4v) is 3.20. The van der Waals surface area contributed by atoms with Crippen LogP contribution in [0.4, 0.5) is 4.79 Å². The third-order valence-electron chi connectivity index (χ3n) is 4.30. The zero-order chi connectivity index (χ0) is 14.1. The maximum atomic E-state index is 11.9. The number of carbonyl (C=O) groups is 2. The van der Waals surface area contributed by atoms with E-state index < -0.39 is 5.60 Å². The van der Waals surface area contributed by atoms with Crippen LogP contribution in [0.3, 0.4) is 0 Å². The van der Waals surface area contributed by atoms with Gasteiger partial charge in [-0.1, -0.05) is 0 Å². The van der Waals surface area contributed by atoms with Gasteiger partial charge in [0.25, 0.3) is 0 Å². The third kappa shape index (κ3) is 3.48. The van der Waals surface area contributed by atoms with Crippen LogP contribution in [0.15, 0.2) is 0 Å². The number of ether oxygens (including phenoxy) is 1. The molecule has 0 aromatic carbocycles. The van der Waals surface area contributed by atoms with Crippen molar-refractivity contribution in [1.29, 1.82) is 0 Å². The smallest absolute Gasteiger partial charge is 0.410 e. The molecule has 2 aliphatic rings. The van der Waals surface area contributed by atoms with Gasteiger partial charge in [0, 0.05) is 24.9 Å². The largest absolute Gasteiger partial charge is 0.444 e. The minimum Gasteiger partial charge on any atom is -0.444 e. The first-order valence-electron chi connectivity index (χ1n) is 7.25. The van der Waals surface area contributed by atoms with Crippen LogP contribution in [0, 0.1) is 11.3 Å². The predicted molar refractivity (Wildman–Crippen MR) is 72.9 cm³/mol. The van der Waals surface area contributed by atoms with E-state index in [1.807, 2.05) is 25.7 Å². The lowest BCUT2D eigenvalue weighted by Crippen LogP contribution is -2.60. The van der Waals surface area contributed by atoms with Crippen LogP contribution in [0.2, 0.25) is 0 Å². The number of nitrogens with zero attached hydrogens (tertiary/aromatic N) is 1. The third-order valence-corrected chi connectivity index (χ3v) is 4.30. The molecule has 4 heteroatoms. The molecule has 108 valence electrons. The van der Waals surface area contributed by atoms with Crippen molar-refractivity contribution < 1.29 is 14.3 Å². The molecule has 0 N–H and O–H groups in total. The van der Waals surface area contributed by atoms with Gasteiger partial charge in [-0.15, -0.1) is 0 Å². The summed E-state index contributed by atoms with van der Waals surface area (Å²) in [5, 5.41) is 0. The van der Waals surface area contributed by atoms with Gasteiger partial charge in [0.2, 0.25) is 0 Å². The number of rotatable bonds is 2. The Balaban J connectivity index is 1.77. The quantitative estimate of drug-likeness (QED) is 0.723. The Morgan fingerprint density at radius 1 is 1.32 bits per heavy atom. The van der Waals surface area contributed by atoms with E-state index in [0.717, 1.165) is 45.1 Å².